The summed E-state index contributed by atoms with van der Waals surface area (Å²) in [6.45, 7) is 4.00. The molecule has 1 fully saturated rings. The molecule has 0 saturated carbocycles. The van der Waals surface area contributed by atoms with Crippen molar-refractivity contribution in [3.8, 4) is 5.75 Å². The number of hydrogen-bond donors (Lipinski definition) is 1. The van der Waals surface area contributed by atoms with Gasteiger partial charge in [0, 0.05) is 20.2 Å². The highest BCUT2D eigenvalue weighted by atomic mass is 16.5. The highest BCUT2D eigenvalue weighted by Gasteiger charge is 2.33. The molecule has 2 amide bonds. The average Bonchev–Trinajstić information content (AvgIpc) is 2.64. The smallest absolute Gasteiger partial charge is 0.258 e. The number of carbonyl (C=O) groups excluding carboxylic acids is 2. The first-order chi connectivity index (χ1) is 11.7. The molecule has 1 aromatic rings. The van der Waals surface area contributed by atoms with Crippen LogP contribution < -0.4 is 10.1 Å². The molecule has 1 atom stereocenters. The predicted octanol–water partition coefficient (Wildman–Crippen LogP) is 1.84. The largest absolute Gasteiger partial charge is 0.490 e. The Kier molecular flexibility index (Phi) is 7.06. The van der Waals surface area contributed by atoms with Crippen molar-refractivity contribution in [2.24, 2.45) is 0 Å². The van der Waals surface area contributed by atoms with Crippen molar-refractivity contribution in [3.63, 3.8) is 0 Å². The fourth-order valence-corrected chi connectivity index (χ4v) is 2.89. The number of rotatable bonds is 7. The molecule has 1 N–H and O–H groups in total. The van der Waals surface area contributed by atoms with Gasteiger partial charge < -0.3 is 19.7 Å². The second-order valence-electron chi connectivity index (χ2n) is 5.67. The second-order valence-corrected chi connectivity index (χ2v) is 5.67. The van der Waals surface area contributed by atoms with Crippen molar-refractivity contribution in [2.45, 2.75) is 32.2 Å². The Labute approximate surface area is 143 Å². The zero-order valence-electron chi connectivity index (χ0n) is 14.4. The van der Waals surface area contributed by atoms with E-state index in [1.807, 2.05) is 19.1 Å². The van der Waals surface area contributed by atoms with Crippen molar-refractivity contribution in [2.75, 3.05) is 33.4 Å². The molecule has 2 rings (SSSR count). The van der Waals surface area contributed by atoms with Crippen LogP contribution in [0.3, 0.4) is 0 Å². The van der Waals surface area contributed by atoms with E-state index in [9.17, 15) is 9.59 Å². The van der Waals surface area contributed by atoms with Gasteiger partial charge in [0.25, 0.3) is 5.91 Å². The Bertz CT molecular complexity index is 562. The molecule has 0 aromatic heterocycles. The minimum Gasteiger partial charge on any atom is -0.490 e. The summed E-state index contributed by atoms with van der Waals surface area (Å²) in [5, 5.41) is 2.65. The topological polar surface area (TPSA) is 67.9 Å². The van der Waals surface area contributed by atoms with Gasteiger partial charge in [-0.15, -0.1) is 0 Å². The number of piperidine rings is 1. The molecular formula is C18H26N2O4. The molecule has 6 heteroatoms. The Morgan fingerprint density at radius 2 is 2.04 bits per heavy atom. The molecule has 1 aromatic carbocycles. The van der Waals surface area contributed by atoms with Gasteiger partial charge in [0.1, 0.15) is 18.4 Å². The second kappa shape index (κ2) is 9.27. The van der Waals surface area contributed by atoms with E-state index in [-0.39, 0.29) is 11.8 Å². The molecule has 0 bridgehead atoms. The number of hydrogen-bond acceptors (Lipinski definition) is 4. The summed E-state index contributed by atoms with van der Waals surface area (Å²) < 4.78 is 11.0. The maximum absolute atomic E-state index is 13.0. The molecule has 24 heavy (non-hydrogen) atoms. The number of likely N-dealkylation sites (N-methyl/N-ethyl adjacent to an activating group) is 1. The lowest BCUT2D eigenvalue weighted by atomic mass is 10.00. The van der Waals surface area contributed by atoms with E-state index in [1.54, 1.807) is 24.1 Å². The maximum atomic E-state index is 13.0. The van der Waals surface area contributed by atoms with E-state index in [4.69, 9.17) is 9.47 Å². The Morgan fingerprint density at radius 3 is 2.79 bits per heavy atom. The van der Waals surface area contributed by atoms with E-state index in [2.05, 4.69) is 5.32 Å². The fraction of sp³-hybridized carbons (Fsp3) is 0.556. The van der Waals surface area contributed by atoms with Crippen molar-refractivity contribution in [1.82, 2.24) is 10.2 Å². The number of nitrogens with one attached hydrogen (secondary N) is 1. The molecule has 1 heterocycles. The van der Waals surface area contributed by atoms with Crippen molar-refractivity contribution in [3.05, 3.63) is 29.8 Å². The average molecular weight is 334 g/mol. The Morgan fingerprint density at radius 1 is 1.25 bits per heavy atom. The summed E-state index contributed by atoms with van der Waals surface area (Å²) in [6.07, 6.45) is 2.56. The van der Waals surface area contributed by atoms with Gasteiger partial charge in [-0.25, -0.2) is 0 Å². The number of ether oxygens (including phenoxy) is 2. The van der Waals surface area contributed by atoms with E-state index in [1.165, 1.54) is 0 Å². The summed E-state index contributed by atoms with van der Waals surface area (Å²) in [5.41, 5.74) is 0.491. The van der Waals surface area contributed by atoms with E-state index in [0.717, 1.165) is 12.8 Å². The normalized spacial score (nSPS) is 17.4. The van der Waals surface area contributed by atoms with Crippen LogP contribution in [-0.4, -0.2) is 56.2 Å². The lowest BCUT2D eigenvalue weighted by Gasteiger charge is -2.34. The number of benzene rings is 1. The number of para-hydroxylation sites is 1. The summed E-state index contributed by atoms with van der Waals surface area (Å²) in [5.74, 6) is 0.261. The quantitative estimate of drug-likeness (QED) is 0.773. The Hall–Kier alpha value is -2.08. The van der Waals surface area contributed by atoms with Crippen LogP contribution in [0.25, 0.3) is 0 Å². The van der Waals surface area contributed by atoms with Gasteiger partial charge >= 0.3 is 0 Å². The number of carbonyl (C=O) groups is 2. The van der Waals surface area contributed by atoms with Crippen LogP contribution in [0.1, 0.15) is 36.5 Å². The van der Waals surface area contributed by atoms with Crippen LogP contribution in [0.15, 0.2) is 24.3 Å². The van der Waals surface area contributed by atoms with Crippen LogP contribution in [0.2, 0.25) is 0 Å². The molecule has 0 spiro atoms. The summed E-state index contributed by atoms with van der Waals surface area (Å²) in [6, 6.07) is 6.75. The van der Waals surface area contributed by atoms with E-state index in [0.29, 0.717) is 44.1 Å². The number of likely N-dealkylation sites (tertiary alicyclic amines) is 1. The van der Waals surface area contributed by atoms with Crippen molar-refractivity contribution < 1.29 is 19.1 Å². The third kappa shape index (κ3) is 4.47. The first-order valence-corrected chi connectivity index (χ1v) is 8.51. The third-order valence-electron chi connectivity index (χ3n) is 4.12. The molecular weight excluding hydrogens is 308 g/mol. The van der Waals surface area contributed by atoms with Crippen LogP contribution in [-0.2, 0) is 9.53 Å². The summed E-state index contributed by atoms with van der Waals surface area (Å²) >= 11 is 0. The van der Waals surface area contributed by atoms with Gasteiger partial charge in [-0.05, 0) is 38.3 Å². The maximum Gasteiger partial charge on any atom is 0.258 e. The van der Waals surface area contributed by atoms with Crippen molar-refractivity contribution in [1.29, 1.82) is 0 Å². The van der Waals surface area contributed by atoms with Gasteiger partial charge in [0.15, 0.2) is 0 Å². The van der Waals surface area contributed by atoms with Gasteiger partial charge in [-0.1, -0.05) is 12.1 Å². The van der Waals surface area contributed by atoms with E-state index >= 15 is 0 Å². The summed E-state index contributed by atoms with van der Waals surface area (Å²) in [4.78, 5) is 26.7. The Balaban J connectivity index is 2.14. The van der Waals surface area contributed by atoms with Gasteiger partial charge in [0.05, 0.1) is 12.2 Å². The van der Waals surface area contributed by atoms with Gasteiger partial charge in [-0.3, -0.25) is 9.59 Å². The lowest BCUT2D eigenvalue weighted by Crippen LogP contribution is -2.51. The van der Waals surface area contributed by atoms with Crippen LogP contribution in [0.4, 0.5) is 0 Å². The zero-order valence-corrected chi connectivity index (χ0v) is 14.4. The highest BCUT2D eigenvalue weighted by Crippen LogP contribution is 2.25. The van der Waals surface area contributed by atoms with E-state index < -0.39 is 6.04 Å². The zero-order chi connectivity index (χ0) is 17.4. The fourth-order valence-electron chi connectivity index (χ4n) is 2.89. The first kappa shape index (κ1) is 18.3. The minimum absolute atomic E-state index is 0.113. The molecule has 6 nitrogen and oxygen atoms in total. The first-order valence-electron chi connectivity index (χ1n) is 8.51. The van der Waals surface area contributed by atoms with Gasteiger partial charge in [-0.2, -0.15) is 0 Å². The molecule has 0 unspecified atom stereocenters. The van der Waals surface area contributed by atoms with Crippen LogP contribution in [0, 0.1) is 0 Å². The standard InChI is InChI=1S/C18H26N2O4/c1-3-23-12-13-24-16-10-5-4-8-14(16)18(22)20-11-7-6-9-15(20)17(21)19-2/h4-5,8,10,15H,3,6-7,9,11-13H2,1-2H3,(H,19,21)/t15-/m1/s1. The molecule has 0 aliphatic carbocycles. The predicted molar refractivity (Wildman–Crippen MR) is 91.2 cm³/mol. The lowest BCUT2D eigenvalue weighted by molar-refractivity contribution is -0.126. The van der Waals surface area contributed by atoms with Crippen LogP contribution >= 0.6 is 0 Å². The molecule has 1 aliphatic heterocycles. The summed E-state index contributed by atoms with van der Waals surface area (Å²) in [7, 11) is 1.60. The molecule has 1 saturated heterocycles. The monoisotopic (exact) mass is 334 g/mol. The highest BCUT2D eigenvalue weighted by molar-refractivity contribution is 5.99. The third-order valence-corrected chi connectivity index (χ3v) is 4.12. The number of amides is 2. The molecule has 132 valence electrons. The number of nitrogens with zero attached hydrogens (tertiary/aromatic N) is 1. The van der Waals surface area contributed by atoms with Gasteiger partial charge in [0.2, 0.25) is 5.91 Å². The minimum atomic E-state index is -0.410. The molecule has 1 aliphatic rings. The SMILES string of the molecule is CCOCCOc1ccccc1C(=O)N1CCCC[C@@H]1C(=O)NC. The van der Waals surface area contributed by atoms with Crippen molar-refractivity contribution >= 4 is 11.8 Å². The molecule has 0 radical (unpaired) electrons. The van der Waals surface area contributed by atoms with Crippen LogP contribution in [0.5, 0.6) is 5.75 Å².